The molecule has 1 spiro atoms. The Bertz CT molecular complexity index is 499. The molecule has 0 aromatic rings. The molecule has 1 amide bonds. The molecule has 4 atom stereocenters. The van der Waals surface area contributed by atoms with E-state index in [0.29, 0.717) is 36.4 Å². The molecule has 4 fully saturated rings. The summed E-state index contributed by atoms with van der Waals surface area (Å²) < 4.78 is 6.00. The number of amides is 1. The van der Waals surface area contributed by atoms with Crippen molar-refractivity contribution >= 4 is 35.8 Å². The summed E-state index contributed by atoms with van der Waals surface area (Å²) in [6.45, 7) is 4.43. The van der Waals surface area contributed by atoms with Crippen LogP contribution >= 0.6 is 24.0 Å². The van der Waals surface area contributed by atoms with E-state index in [1.807, 2.05) is 0 Å². The summed E-state index contributed by atoms with van der Waals surface area (Å²) in [5.74, 6) is 1.71. The van der Waals surface area contributed by atoms with Gasteiger partial charge in [0.05, 0.1) is 6.10 Å². The van der Waals surface area contributed by atoms with Crippen LogP contribution in [0.25, 0.3) is 0 Å². The summed E-state index contributed by atoms with van der Waals surface area (Å²) in [6.07, 6.45) is 7.01. The van der Waals surface area contributed by atoms with E-state index >= 15 is 0 Å². The van der Waals surface area contributed by atoms with Crippen LogP contribution in [0.15, 0.2) is 4.99 Å². The molecule has 4 rings (SSSR count). The first kappa shape index (κ1) is 18.2. The lowest BCUT2D eigenvalue weighted by atomic mass is 9.46. The quantitative estimate of drug-likeness (QED) is 0.347. The molecule has 2 aliphatic carbocycles. The normalized spacial score (nSPS) is 36.7. The Morgan fingerprint density at radius 3 is 2.83 bits per heavy atom. The zero-order valence-electron chi connectivity index (χ0n) is 14.3. The topological polar surface area (TPSA) is 74.8 Å². The summed E-state index contributed by atoms with van der Waals surface area (Å²) in [5.41, 5.74) is 0.359. The van der Waals surface area contributed by atoms with Crippen molar-refractivity contribution in [2.75, 3.05) is 19.7 Å². The number of aliphatic imine (C=N–C) groups is 1. The lowest BCUT2D eigenvalue weighted by Crippen LogP contribution is -2.73. The van der Waals surface area contributed by atoms with Crippen LogP contribution in [0.1, 0.15) is 45.4 Å². The summed E-state index contributed by atoms with van der Waals surface area (Å²) in [7, 11) is 0. The maximum atomic E-state index is 11.3. The maximum absolute atomic E-state index is 11.3. The lowest BCUT2D eigenvalue weighted by Gasteiger charge is -2.63. The Morgan fingerprint density at radius 1 is 1.38 bits per heavy atom. The second-order valence-electron chi connectivity index (χ2n) is 7.46. The number of ether oxygens (including phenoxy) is 1. The fourth-order valence-electron chi connectivity index (χ4n) is 4.94. The van der Waals surface area contributed by atoms with Crippen LogP contribution in [-0.2, 0) is 9.53 Å². The summed E-state index contributed by atoms with van der Waals surface area (Å²) >= 11 is 0. The molecular formula is C17H29IN4O2. The van der Waals surface area contributed by atoms with Crippen molar-refractivity contribution in [3.8, 4) is 0 Å². The molecule has 24 heavy (non-hydrogen) atoms. The molecule has 136 valence electrons. The van der Waals surface area contributed by atoms with Gasteiger partial charge in [0.1, 0.15) is 0 Å². The van der Waals surface area contributed by atoms with Crippen LogP contribution in [0.3, 0.4) is 0 Å². The predicted molar refractivity (Wildman–Crippen MR) is 104 cm³/mol. The first-order valence-corrected chi connectivity index (χ1v) is 9.19. The first-order chi connectivity index (χ1) is 11.2. The van der Waals surface area contributed by atoms with Crippen LogP contribution in [0, 0.1) is 11.3 Å². The van der Waals surface area contributed by atoms with Crippen molar-refractivity contribution in [2.45, 2.75) is 63.6 Å². The van der Waals surface area contributed by atoms with Crippen LogP contribution < -0.4 is 16.0 Å². The van der Waals surface area contributed by atoms with Crippen LogP contribution in [0.4, 0.5) is 0 Å². The van der Waals surface area contributed by atoms with E-state index in [1.165, 1.54) is 25.7 Å². The van der Waals surface area contributed by atoms with Gasteiger partial charge in [-0.2, -0.15) is 0 Å². The average molecular weight is 448 g/mol. The van der Waals surface area contributed by atoms with Crippen LogP contribution in [0.5, 0.6) is 0 Å². The SMILES string of the molecule is CCN=C(NC1CCC(=O)NC1)NC1C2CCOC2C12CCC2.I. The molecule has 0 radical (unpaired) electrons. The van der Waals surface area contributed by atoms with E-state index in [9.17, 15) is 4.79 Å². The molecule has 2 saturated heterocycles. The number of rotatable bonds is 3. The molecule has 6 nitrogen and oxygen atoms in total. The van der Waals surface area contributed by atoms with Gasteiger partial charge in [-0.15, -0.1) is 24.0 Å². The molecule has 4 aliphatic rings. The van der Waals surface area contributed by atoms with E-state index in [1.54, 1.807) is 0 Å². The van der Waals surface area contributed by atoms with Gasteiger partial charge in [0.25, 0.3) is 0 Å². The fourth-order valence-corrected chi connectivity index (χ4v) is 4.94. The Balaban J connectivity index is 0.00000169. The molecule has 2 aliphatic heterocycles. The lowest BCUT2D eigenvalue weighted by molar-refractivity contribution is -0.171. The highest BCUT2D eigenvalue weighted by Crippen LogP contribution is 2.62. The third-order valence-electron chi connectivity index (χ3n) is 6.25. The molecule has 2 saturated carbocycles. The Morgan fingerprint density at radius 2 is 2.21 bits per heavy atom. The number of guanidine groups is 1. The van der Waals surface area contributed by atoms with Gasteiger partial charge in [-0.3, -0.25) is 9.79 Å². The molecule has 0 aromatic carbocycles. The number of nitrogens with one attached hydrogen (secondary N) is 3. The number of piperidine rings is 1. The van der Waals surface area contributed by atoms with Gasteiger partial charge in [-0.1, -0.05) is 6.42 Å². The molecule has 0 aromatic heterocycles. The summed E-state index contributed by atoms with van der Waals surface area (Å²) in [6, 6.07) is 0.776. The maximum Gasteiger partial charge on any atom is 0.220 e. The number of carbonyl (C=O) groups excluding carboxylic acids is 1. The van der Waals surface area contributed by atoms with Crippen molar-refractivity contribution in [3.05, 3.63) is 0 Å². The average Bonchev–Trinajstić information content (AvgIpc) is 2.91. The molecule has 7 heteroatoms. The van der Waals surface area contributed by atoms with Crippen molar-refractivity contribution in [1.82, 2.24) is 16.0 Å². The highest BCUT2D eigenvalue weighted by Gasteiger charge is 2.66. The number of halogens is 1. The number of hydrogen-bond donors (Lipinski definition) is 3. The van der Waals surface area contributed by atoms with Gasteiger partial charge >= 0.3 is 0 Å². The molecule has 2 heterocycles. The van der Waals surface area contributed by atoms with Gasteiger partial charge in [0.2, 0.25) is 5.91 Å². The van der Waals surface area contributed by atoms with E-state index in [0.717, 1.165) is 25.5 Å². The van der Waals surface area contributed by atoms with E-state index in [4.69, 9.17) is 4.74 Å². The monoisotopic (exact) mass is 448 g/mol. The molecular weight excluding hydrogens is 419 g/mol. The second-order valence-corrected chi connectivity index (χ2v) is 7.46. The minimum Gasteiger partial charge on any atom is -0.377 e. The van der Waals surface area contributed by atoms with E-state index in [-0.39, 0.29) is 35.9 Å². The number of carbonyl (C=O) groups is 1. The second kappa shape index (κ2) is 7.35. The number of fused-ring (bicyclic) bond motifs is 2. The third kappa shape index (κ3) is 3.02. The van der Waals surface area contributed by atoms with Gasteiger partial charge in [-0.25, -0.2) is 0 Å². The van der Waals surface area contributed by atoms with Gasteiger partial charge < -0.3 is 20.7 Å². The van der Waals surface area contributed by atoms with Crippen molar-refractivity contribution in [2.24, 2.45) is 16.3 Å². The molecule has 0 bridgehead atoms. The Kier molecular flexibility index (Phi) is 5.58. The van der Waals surface area contributed by atoms with Gasteiger partial charge in [0, 0.05) is 49.5 Å². The zero-order chi connectivity index (χ0) is 15.9. The highest BCUT2D eigenvalue weighted by atomic mass is 127. The summed E-state index contributed by atoms with van der Waals surface area (Å²) in [4.78, 5) is 15.9. The Hall–Kier alpha value is -0.570. The minimum atomic E-state index is 0. The molecule has 3 N–H and O–H groups in total. The summed E-state index contributed by atoms with van der Waals surface area (Å²) in [5, 5.41) is 10.2. The van der Waals surface area contributed by atoms with Gasteiger partial charge in [-0.05, 0) is 32.6 Å². The highest BCUT2D eigenvalue weighted by molar-refractivity contribution is 14.0. The van der Waals surface area contributed by atoms with Crippen LogP contribution in [0.2, 0.25) is 0 Å². The molecule has 4 unspecified atom stereocenters. The zero-order valence-corrected chi connectivity index (χ0v) is 16.7. The first-order valence-electron chi connectivity index (χ1n) is 9.19. The fraction of sp³-hybridized carbons (Fsp3) is 0.882. The standard InChI is InChI=1S/C17H28N4O2.HI/c1-2-18-16(20-11-4-5-13(22)19-10-11)21-14-12-6-9-23-15(12)17(14)7-3-8-17;/h11-12,14-15H,2-10H2,1H3,(H,19,22)(H2,18,20,21);1H. The van der Waals surface area contributed by atoms with Crippen molar-refractivity contribution < 1.29 is 9.53 Å². The van der Waals surface area contributed by atoms with Crippen molar-refractivity contribution in [3.63, 3.8) is 0 Å². The van der Waals surface area contributed by atoms with Gasteiger partial charge in [0.15, 0.2) is 5.96 Å². The largest absolute Gasteiger partial charge is 0.377 e. The number of nitrogens with zero attached hydrogens (tertiary/aromatic N) is 1. The smallest absolute Gasteiger partial charge is 0.220 e. The minimum absolute atomic E-state index is 0. The number of hydrogen-bond acceptors (Lipinski definition) is 3. The van der Waals surface area contributed by atoms with E-state index < -0.39 is 0 Å². The predicted octanol–water partition coefficient (Wildman–Crippen LogP) is 1.40. The Labute approximate surface area is 161 Å². The van der Waals surface area contributed by atoms with E-state index in [2.05, 4.69) is 27.9 Å². The third-order valence-corrected chi connectivity index (χ3v) is 6.25. The van der Waals surface area contributed by atoms with Crippen molar-refractivity contribution in [1.29, 1.82) is 0 Å². The van der Waals surface area contributed by atoms with Crippen LogP contribution in [-0.4, -0.2) is 49.8 Å².